The lowest BCUT2D eigenvalue weighted by molar-refractivity contribution is -0.122. The van der Waals surface area contributed by atoms with Gasteiger partial charge in [-0.25, -0.2) is 4.79 Å². The second-order valence-corrected chi connectivity index (χ2v) is 7.55. The predicted octanol–water partition coefficient (Wildman–Crippen LogP) is 3.02. The van der Waals surface area contributed by atoms with Gasteiger partial charge >= 0.3 is 5.97 Å². The molecular weight excluding hydrogens is 388 g/mol. The Kier molecular flexibility index (Phi) is 4.99. The fraction of sp³-hybridized carbons (Fsp3) is 0.273. The highest BCUT2D eigenvalue weighted by Crippen LogP contribution is 2.40. The van der Waals surface area contributed by atoms with Crippen LogP contribution < -0.4 is 10.2 Å². The zero-order valence-electron chi connectivity index (χ0n) is 16.0. The number of carboxylic acids is 1. The van der Waals surface area contributed by atoms with Crippen LogP contribution in [0.25, 0.3) is 0 Å². The van der Waals surface area contributed by atoms with Crippen LogP contribution in [0.2, 0.25) is 0 Å². The third kappa shape index (κ3) is 3.41. The molecule has 2 aliphatic rings. The molecule has 154 valence electrons. The normalized spacial score (nSPS) is 20.7. The Balaban J connectivity index is 1.60. The van der Waals surface area contributed by atoms with E-state index in [1.165, 1.54) is 29.2 Å². The maximum absolute atomic E-state index is 12.8. The number of benzene rings is 2. The quantitative estimate of drug-likeness (QED) is 0.528. The maximum Gasteiger partial charge on any atom is 0.337 e. The molecule has 8 nitrogen and oxygen atoms in total. The average molecular weight is 408 g/mol. The summed E-state index contributed by atoms with van der Waals surface area (Å²) < 4.78 is 0. The number of hydrogen-bond acceptors (Lipinski definition) is 5. The number of phenols is 1. The molecule has 0 spiro atoms. The molecule has 4 rings (SSSR count). The number of carbonyl (C=O) groups excluding carboxylic acids is 3. The highest BCUT2D eigenvalue weighted by atomic mass is 16.4. The fourth-order valence-electron chi connectivity index (χ4n) is 4.22. The minimum atomic E-state index is -1.30. The largest absolute Gasteiger partial charge is 0.508 e. The Morgan fingerprint density at radius 1 is 0.967 bits per heavy atom. The highest BCUT2D eigenvalue weighted by Gasteiger charge is 2.48. The molecule has 1 saturated carbocycles. The zero-order chi connectivity index (χ0) is 21.4. The van der Waals surface area contributed by atoms with E-state index >= 15 is 0 Å². The van der Waals surface area contributed by atoms with E-state index in [2.05, 4.69) is 5.32 Å². The average Bonchev–Trinajstić information content (AvgIpc) is 3.00. The van der Waals surface area contributed by atoms with Gasteiger partial charge in [-0.3, -0.25) is 19.3 Å². The smallest absolute Gasteiger partial charge is 0.337 e. The van der Waals surface area contributed by atoms with Crippen molar-refractivity contribution in [1.82, 2.24) is 0 Å². The topological polar surface area (TPSA) is 124 Å². The lowest BCUT2D eigenvalue weighted by Crippen LogP contribution is -2.31. The number of phenolic OH excluding ortho intramolecular Hbond substituents is 1. The first-order chi connectivity index (χ1) is 14.4. The van der Waals surface area contributed by atoms with E-state index in [0.29, 0.717) is 18.5 Å². The number of hydrogen-bond donors (Lipinski definition) is 3. The number of rotatable bonds is 4. The van der Waals surface area contributed by atoms with Gasteiger partial charge in [-0.15, -0.1) is 0 Å². The second kappa shape index (κ2) is 7.62. The fourth-order valence-corrected chi connectivity index (χ4v) is 4.22. The maximum atomic E-state index is 12.8. The van der Waals surface area contributed by atoms with Gasteiger partial charge in [0.25, 0.3) is 5.91 Å². The molecule has 1 aliphatic carbocycles. The van der Waals surface area contributed by atoms with Crippen molar-refractivity contribution in [2.24, 2.45) is 11.8 Å². The number of carboxylic acid groups (broad SMARTS) is 1. The molecule has 0 radical (unpaired) electrons. The van der Waals surface area contributed by atoms with E-state index in [1.807, 2.05) is 0 Å². The molecule has 30 heavy (non-hydrogen) atoms. The molecular formula is C22H20N2O6. The summed E-state index contributed by atoms with van der Waals surface area (Å²) >= 11 is 0. The van der Waals surface area contributed by atoms with Gasteiger partial charge in [0.05, 0.1) is 28.8 Å². The first-order valence-corrected chi connectivity index (χ1v) is 9.72. The minimum Gasteiger partial charge on any atom is -0.508 e. The first kappa shape index (κ1) is 19.6. The standard InChI is InChI=1S/C22H20N2O6/c25-14-8-9-18(17(11-14)22(29)30)23-19(26)12-4-3-5-13(10-12)24-20(27)15-6-1-2-7-16(15)21(24)28/h3-5,8-11,15-16,25H,1-2,6-7H2,(H,23,26)(H,29,30). The Hall–Kier alpha value is -3.68. The lowest BCUT2D eigenvalue weighted by atomic mass is 9.81. The molecule has 3 N–H and O–H groups in total. The summed E-state index contributed by atoms with van der Waals surface area (Å²) in [5, 5.41) is 21.3. The molecule has 2 fully saturated rings. The van der Waals surface area contributed by atoms with E-state index in [9.17, 15) is 29.4 Å². The van der Waals surface area contributed by atoms with E-state index in [-0.39, 0.29) is 46.2 Å². The van der Waals surface area contributed by atoms with Gasteiger partial charge in [0.15, 0.2) is 0 Å². The zero-order valence-corrected chi connectivity index (χ0v) is 16.0. The molecule has 1 saturated heterocycles. The number of nitrogens with zero attached hydrogens (tertiary/aromatic N) is 1. The third-order valence-corrected chi connectivity index (χ3v) is 5.69. The van der Waals surface area contributed by atoms with Gasteiger partial charge in [0, 0.05) is 5.56 Å². The second-order valence-electron chi connectivity index (χ2n) is 7.55. The molecule has 2 atom stereocenters. The Morgan fingerprint density at radius 3 is 2.27 bits per heavy atom. The van der Waals surface area contributed by atoms with Crippen LogP contribution in [-0.4, -0.2) is 33.9 Å². The molecule has 2 aromatic carbocycles. The van der Waals surface area contributed by atoms with Crippen molar-refractivity contribution in [2.45, 2.75) is 25.7 Å². The van der Waals surface area contributed by atoms with Gasteiger partial charge in [-0.1, -0.05) is 18.9 Å². The molecule has 1 aliphatic heterocycles. The molecule has 0 bridgehead atoms. The van der Waals surface area contributed by atoms with E-state index in [1.54, 1.807) is 12.1 Å². The van der Waals surface area contributed by atoms with E-state index in [0.717, 1.165) is 18.9 Å². The van der Waals surface area contributed by atoms with E-state index in [4.69, 9.17) is 0 Å². The minimum absolute atomic E-state index is 0.0232. The highest BCUT2D eigenvalue weighted by molar-refractivity contribution is 6.22. The summed E-state index contributed by atoms with van der Waals surface area (Å²) in [6.45, 7) is 0. The van der Waals surface area contributed by atoms with Crippen LogP contribution in [0, 0.1) is 11.8 Å². The van der Waals surface area contributed by atoms with Crippen LogP contribution in [0.1, 0.15) is 46.4 Å². The number of fused-ring (bicyclic) bond motifs is 1. The van der Waals surface area contributed by atoms with Crippen molar-refractivity contribution < 1.29 is 29.4 Å². The van der Waals surface area contributed by atoms with Gasteiger partial charge < -0.3 is 15.5 Å². The number of anilines is 2. The van der Waals surface area contributed by atoms with Gasteiger partial charge in [-0.05, 0) is 49.2 Å². The van der Waals surface area contributed by atoms with Crippen molar-refractivity contribution in [3.05, 3.63) is 53.6 Å². The lowest BCUT2D eigenvalue weighted by Gasteiger charge is -2.19. The van der Waals surface area contributed by atoms with Crippen LogP contribution in [0.15, 0.2) is 42.5 Å². The Labute approximate surface area is 172 Å². The summed E-state index contributed by atoms with van der Waals surface area (Å²) in [6.07, 6.45) is 3.25. The van der Waals surface area contributed by atoms with Crippen LogP contribution in [0.4, 0.5) is 11.4 Å². The van der Waals surface area contributed by atoms with Gasteiger partial charge in [0.1, 0.15) is 5.75 Å². The van der Waals surface area contributed by atoms with E-state index < -0.39 is 11.9 Å². The van der Waals surface area contributed by atoms with Crippen LogP contribution >= 0.6 is 0 Å². The summed E-state index contributed by atoms with van der Waals surface area (Å²) in [5.74, 6) is -3.17. The van der Waals surface area contributed by atoms with Crippen LogP contribution in [0.5, 0.6) is 5.75 Å². The first-order valence-electron chi connectivity index (χ1n) is 9.72. The van der Waals surface area contributed by atoms with Crippen LogP contribution in [-0.2, 0) is 9.59 Å². The number of imide groups is 1. The Bertz CT molecular complexity index is 1040. The number of carbonyl (C=O) groups is 4. The number of amides is 3. The van der Waals surface area contributed by atoms with Crippen molar-refractivity contribution in [3.8, 4) is 5.75 Å². The monoisotopic (exact) mass is 408 g/mol. The molecule has 2 aromatic rings. The predicted molar refractivity (Wildman–Crippen MR) is 107 cm³/mol. The molecule has 8 heteroatoms. The van der Waals surface area contributed by atoms with Crippen molar-refractivity contribution >= 4 is 35.1 Å². The Morgan fingerprint density at radius 2 is 1.63 bits per heavy atom. The SMILES string of the molecule is O=C(Nc1ccc(O)cc1C(=O)O)c1cccc(N2C(=O)C3CCCCC3C2=O)c1. The van der Waals surface area contributed by atoms with Gasteiger partial charge in [0.2, 0.25) is 11.8 Å². The molecule has 3 amide bonds. The molecule has 2 unspecified atom stereocenters. The van der Waals surface area contributed by atoms with Crippen LogP contribution in [0.3, 0.4) is 0 Å². The third-order valence-electron chi connectivity index (χ3n) is 5.69. The van der Waals surface area contributed by atoms with Crippen molar-refractivity contribution in [2.75, 3.05) is 10.2 Å². The summed E-state index contributed by atoms with van der Waals surface area (Å²) in [5.41, 5.74) is 0.270. The van der Waals surface area contributed by atoms with Crippen molar-refractivity contribution in [3.63, 3.8) is 0 Å². The summed E-state index contributed by atoms with van der Waals surface area (Å²) in [4.78, 5) is 50.8. The van der Waals surface area contributed by atoms with Crippen molar-refractivity contribution in [1.29, 1.82) is 0 Å². The summed E-state index contributed by atoms with van der Waals surface area (Å²) in [7, 11) is 0. The number of aromatic carboxylic acids is 1. The number of aromatic hydroxyl groups is 1. The summed E-state index contributed by atoms with van der Waals surface area (Å²) in [6, 6.07) is 9.73. The molecule has 0 aromatic heterocycles. The molecule has 1 heterocycles. The van der Waals surface area contributed by atoms with Gasteiger partial charge in [-0.2, -0.15) is 0 Å². The number of nitrogens with one attached hydrogen (secondary N) is 1.